The summed E-state index contributed by atoms with van der Waals surface area (Å²) in [4.78, 5) is 23.3. The van der Waals surface area contributed by atoms with Crippen molar-refractivity contribution >= 4 is 33.5 Å². The number of nitrogens with one attached hydrogen (secondary N) is 2. The van der Waals surface area contributed by atoms with Crippen LogP contribution in [0.2, 0.25) is 0 Å². The molecular weight excluding hydrogens is 360 g/mol. The lowest BCUT2D eigenvalue weighted by Crippen LogP contribution is -2.41. The van der Waals surface area contributed by atoms with Gasteiger partial charge in [-0.1, -0.05) is 46.3 Å². The molecule has 0 aliphatic carbocycles. The highest BCUT2D eigenvalue weighted by Crippen LogP contribution is 2.14. The smallest absolute Gasteiger partial charge is 0.305 e. The molecule has 1 amide bonds. The minimum absolute atomic E-state index is 0.283. The van der Waals surface area contributed by atoms with Crippen molar-refractivity contribution in [2.24, 2.45) is 0 Å². The fourth-order valence-electron chi connectivity index (χ4n) is 2.03. The molecule has 2 aromatic rings. The van der Waals surface area contributed by atoms with E-state index in [1.807, 2.05) is 30.3 Å². The van der Waals surface area contributed by atoms with Gasteiger partial charge in [0.25, 0.3) is 0 Å². The molecule has 0 aliphatic heterocycles. The molecule has 0 aromatic heterocycles. The first-order valence-corrected chi connectivity index (χ1v) is 7.89. The van der Waals surface area contributed by atoms with Crippen LogP contribution in [-0.4, -0.2) is 23.0 Å². The molecule has 0 aliphatic rings. The number of hydrogen-bond acceptors (Lipinski definition) is 3. The van der Waals surface area contributed by atoms with E-state index in [1.165, 1.54) is 0 Å². The summed E-state index contributed by atoms with van der Waals surface area (Å²) in [5.41, 5.74) is 1.61. The van der Waals surface area contributed by atoms with Gasteiger partial charge < -0.3 is 15.7 Å². The van der Waals surface area contributed by atoms with E-state index in [4.69, 9.17) is 5.11 Å². The number of carboxylic acid groups (broad SMARTS) is 1. The summed E-state index contributed by atoms with van der Waals surface area (Å²) in [5, 5.41) is 14.7. The van der Waals surface area contributed by atoms with Crippen LogP contribution in [0.3, 0.4) is 0 Å². The fraction of sp³-hybridized carbons (Fsp3) is 0.176. The number of hydrogen-bond donors (Lipinski definition) is 3. The van der Waals surface area contributed by atoms with Crippen molar-refractivity contribution in [3.05, 3.63) is 64.6 Å². The zero-order valence-electron chi connectivity index (χ0n) is 12.3. The van der Waals surface area contributed by atoms with Crippen LogP contribution in [0.5, 0.6) is 0 Å². The number of benzene rings is 2. The van der Waals surface area contributed by atoms with Gasteiger partial charge in [-0.05, 0) is 29.8 Å². The summed E-state index contributed by atoms with van der Waals surface area (Å²) >= 11 is 3.32. The highest BCUT2D eigenvalue weighted by atomic mass is 79.9. The van der Waals surface area contributed by atoms with E-state index in [-0.39, 0.29) is 12.3 Å². The third-order valence-electron chi connectivity index (χ3n) is 3.20. The van der Waals surface area contributed by atoms with Gasteiger partial charge in [0.15, 0.2) is 0 Å². The monoisotopic (exact) mass is 376 g/mol. The molecule has 3 N–H and O–H groups in total. The predicted octanol–water partition coefficient (Wildman–Crippen LogP) is 3.02. The number of halogens is 1. The van der Waals surface area contributed by atoms with E-state index in [1.54, 1.807) is 24.3 Å². The standard InChI is InChI=1S/C17H17BrN2O3/c18-13-6-8-14(9-7-13)20-17(23)15(10-16(21)22)19-11-12-4-2-1-3-5-12/h1-9,15,19H,10-11H2,(H,20,23)(H,21,22). The van der Waals surface area contributed by atoms with Crippen LogP contribution in [0.15, 0.2) is 59.1 Å². The quantitative estimate of drug-likeness (QED) is 0.693. The number of rotatable bonds is 7. The fourth-order valence-corrected chi connectivity index (χ4v) is 2.30. The highest BCUT2D eigenvalue weighted by Gasteiger charge is 2.21. The van der Waals surface area contributed by atoms with E-state index in [2.05, 4.69) is 26.6 Å². The van der Waals surface area contributed by atoms with Crippen LogP contribution < -0.4 is 10.6 Å². The second kappa shape index (κ2) is 8.45. The van der Waals surface area contributed by atoms with Gasteiger partial charge in [-0.2, -0.15) is 0 Å². The minimum atomic E-state index is -1.03. The van der Waals surface area contributed by atoms with E-state index >= 15 is 0 Å². The average molecular weight is 377 g/mol. The SMILES string of the molecule is O=C(O)CC(NCc1ccccc1)C(=O)Nc1ccc(Br)cc1. The molecule has 1 atom stereocenters. The number of carbonyl (C=O) groups excluding carboxylic acids is 1. The summed E-state index contributed by atoms with van der Waals surface area (Å²) in [6.07, 6.45) is -0.283. The molecular formula is C17H17BrN2O3. The van der Waals surface area contributed by atoms with Crippen molar-refractivity contribution in [3.8, 4) is 0 Å². The summed E-state index contributed by atoms with van der Waals surface area (Å²) in [6, 6.07) is 15.8. The van der Waals surface area contributed by atoms with Crippen molar-refractivity contribution in [1.29, 1.82) is 0 Å². The van der Waals surface area contributed by atoms with Gasteiger partial charge in [0.2, 0.25) is 5.91 Å². The molecule has 23 heavy (non-hydrogen) atoms. The minimum Gasteiger partial charge on any atom is -0.481 e. The largest absolute Gasteiger partial charge is 0.481 e. The predicted molar refractivity (Wildman–Crippen MR) is 92.1 cm³/mol. The third kappa shape index (κ3) is 5.84. The molecule has 2 rings (SSSR count). The van der Waals surface area contributed by atoms with Crippen molar-refractivity contribution in [2.75, 3.05) is 5.32 Å². The van der Waals surface area contributed by atoms with Gasteiger partial charge in [-0.15, -0.1) is 0 Å². The Balaban J connectivity index is 2.00. The number of anilines is 1. The summed E-state index contributed by atoms with van der Waals surface area (Å²) in [7, 11) is 0. The highest BCUT2D eigenvalue weighted by molar-refractivity contribution is 9.10. The average Bonchev–Trinajstić information content (AvgIpc) is 2.54. The molecule has 2 aromatic carbocycles. The Morgan fingerprint density at radius 3 is 2.30 bits per heavy atom. The van der Waals surface area contributed by atoms with Crippen LogP contribution in [0.25, 0.3) is 0 Å². The molecule has 0 radical (unpaired) electrons. The van der Waals surface area contributed by atoms with Gasteiger partial charge in [0.05, 0.1) is 12.5 Å². The summed E-state index contributed by atoms with van der Waals surface area (Å²) < 4.78 is 0.903. The zero-order chi connectivity index (χ0) is 16.7. The van der Waals surface area contributed by atoms with Gasteiger partial charge >= 0.3 is 5.97 Å². The van der Waals surface area contributed by atoms with Crippen molar-refractivity contribution in [2.45, 2.75) is 19.0 Å². The van der Waals surface area contributed by atoms with Crippen molar-refractivity contribution in [3.63, 3.8) is 0 Å². The van der Waals surface area contributed by atoms with Crippen LogP contribution in [-0.2, 0) is 16.1 Å². The topological polar surface area (TPSA) is 78.4 Å². The van der Waals surface area contributed by atoms with Crippen LogP contribution in [0.4, 0.5) is 5.69 Å². The Morgan fingerprint density at radius 2 is 1.70 bits per heavy atom. The molecule has 0 saturated carbocycles. The first kappa shape index (κ1) is 17.2. The maximum atomic E-state index is 12.3. The first-order chi connectivity index (χ1) is 11.0. The Bertz CT molecular complexity index is 659. The number of amides is 1. The zero-order valence-corrected chi connectivity index (χ0v) is 13.9. The number of aliphatic carboxylic acids is 1. The van der Waals surface area contributed by atoms with E-state index in [0.29, 0.717) is 12.2 Å². The lowest BCUT2D eigenvalue weighted by molar-refractivity contribution is -0.139. The second-order valence-corrected chi connectivity index (χ2v) is 5.93. The summed E-state index contributed by atoms with van der Waals surface area (Å²) in [5.74, 6) is -1.40. The lowest BCUT2D eigenvalue weighted by atomic mass is 10.1. The molecule has 1 unspecified atom stereocenters. The van der Waals surface area contributed by atoms with E-state index in [9.17, 15) is 9.59 Å². The van der Waals surface area contributed by atoms with Crippen molar-refractivity contribution < 1.29 is 14.7 Å². The van der Waals surface area contributed by atoms with Gasteiger partial charge in [-0.3, -0.25) is 9.59 Å². The summed E-state index contributed by atoms with van der Waals surface area (Å²) in [6.45, 7) is 0.423. The Labute approximate surface area is 142 Å². The molecule has 6 heteroatoms. The molecule has 0 spiro atoms. The molecule has 120 valence electrons. The molecule has 0 saturated heterocycles. The first-order valence-electron chi connectivity index (χ1n) is 7.10. The van der Waals surface area contributed by atoms with Gasteiger partial charge in [-0.25, -0.2) is 0 Å². The maximum Gasteiger partial charge on any atom is 0.305 e. The maximum absolute atomic E-state index is 12.3. The number of carboxylic acids is 1. The van der Waals surface area contributed by atoms with Gasteiger partial charge in [0.1, 0.15) is 0 Å². The van der Waals surface area contributed by atoms with Crippen LogP contribution >= 0.6 is 15.9 Å². The molecule has 0 bridgehead atoms. The molecule has 5 nitrogen and oxygen atoms in total. The third-order valence-corrected chi connectivity index (χ3v) is 3.73. The Hall–Kier alpha value is -2.18. The second-order valence-electron chi connectivity index (χ2n) is 5.01. The lowest BCUT2D eigenvalue weighted by Gasteiger charge is -2.17. The number of carbonyl (C=O) groups is 2. The van der Waals surface area contributed by atoms with Crippen LogP contribution in [0.1, 0.15) is 12.0 Å². The Kier molecular flexibility index (Phi) is 6.31. The molecule has 0 heterocycles. The van der Waals surface area contributed by atoms with Crippen LogP contribution in [0, 0.1) is 0 Å². The van der Waals surface area contributed by atoms with Crippen molar-refractivity contribution in [1.82, 2.24) is 5.32 Å². The molecule has 0 fully saturated rings. The Morgan fingerprint density at radius 1 is 1.04 bits per heavy atom. The van der Waals surface area contributed by atoms with E-state index in [0.717, 1.165) is 10.0 Å². The van der Waals surface area contributed by atoms with Gasteiger partial charge in [0, 0.05) is 16.7 Å². The normalized spacial score (nSPS) is 11.7. The van der Waals surface area contributed by atoms with E-state index < -0.39 is 12.0 Å².